The van der Waals surface area contributed by atoms with Crippen molar-refractivity contribution < 1.29 is 4.42 Å². The van der Waals surface area contributed by atoms with E-state index in [1.165, 1.54) is 89.0 Å². The number of fused-ring (bicyclic) bond motifs is 7. The molecule has 0 saturated heterocycles. The molecule has 2 aliphatic heterocycles. The molecule has 0 saturated carbocycles. The number of hydrogen-bond donors (Lipinski definition) is 0. The highest BCUT2D eigenvalue weighted by Crippen LogP contribution is 2.48. The minimum absolute atomic E-state index is 0.0155. The molecule has 0 fully saturated rings. The molecule has 0 radical (unpaired) electrons. The second-order valence-corrected chi connectivity index (χ2v) is 24.9. The smallest absolute Gasteiger partial charge is 0.252 e. The van der Waals surface area contributed by atoms with Crippen molar-refractivity contribution >= 4 is 79.2 Å². The highest BCUT2D eigenvalue weighted by Gasteiger charge is 2.44. The maximum Gasteiger partial charge on any atom is 0.252 e. The second kappa shape index (κ2) is 15.0. The van der Waals surface area contributed by atoms with Crippen LogP contribution >= 0.6 is 0 Å². The Bertz CT molecular complexity index is 3260. The van der Waals surface area contributed by atoms with Crippen molar-refractivity contribution in [3.63, 3.8) is 0 Å². The number of nitrogens with zero attached hydrogens (tertiary/aromatic N) is 2. The average molecular weight is 881 g/mol. The number of anilines is 6. The summed E-state index contributed by atoms with van der Waals surface area (Å²) in [6, 6.07) is 49.4. The van der Waals surface area contributed by atoms with Gasteiger partial charge in [-0.3, -0.25) is 0 Å². The van der Waals surface area contributed by atoms with Gasteiger partial charge >= 0.3 is 0 Å². The van der Waals surface area contributed by atoms with Gasteiger partial charge in [-0.2, -0.15) is 0 Å². The monoisotopic (exact) mass is 881 g/mol. The molecule has 8 aromatic rings. The van der Waals surface area contributed by atoms with Gasteiger partial charge in [-0.15, -0.1) is 0 Å². The third-order valence-corrected chi connectivity index (χ3v) is 14.6. The fourth-order valence-electron chi connectivity index (χ4n) is 10.7. The number of benzene rings is 7. The van der Waals surface area contributed by atoms with Crippen molar-refractivity contribution in [1.29, 1.82) is 0 Å². The zero-order valence-corrected chi connectivity index (χ0v) is 43.0. The van der Waals surface area contributed by atoms with Crippen molar-refractivity contribution in [2.45, 2.75) is 138 Å². The van der Waals surface area contributed by atoms with Gasteiger partial charge in [0.25, 0.3) is 6.71 Å². The molecule has 0 atom stereocenters. The van der Waals surface area contributed by atoms with Crippen LogP contribution in [0.15, 0.2) is 132 Å². The number of hydrogen-bond acceptors (Lipinski definition) is 3. The van der Waals surface area contributed by atoms with Crippen LogP contribution in [0.25, 0.3) is 33.1 Å². The van der Waals surface area contributed by atoms with Crippen molar-refractivity contribution in [1.82, 2.24) is 0 Å². The maximum atomic E-state index is 7.01. The molecule has 0 spiro atoms. The number of para-hydroxylation sites is 1. The first-order valence-corrected chi connectivity index (χ1v) is 24.5. The Morgan fingerprint density at radius 3 is 1.36 bits per heavy atom. The summed E-state index contributed by atoms with van der Waals surface area (Å²) in [6.07, 6.45) is 0. The lowest BCUT2D eigenvalue weighted by Gasteiger charge is -2.45. The quantitative estimate of drug-likeness (QED) is 0.165. The van der Waals surface area contributed by atoms with Crippen LogP contribution in [0.5, 0.6) is 0 Å². The van der Waals surface area contributed by atoms with Gasteiger partial charge in [0.15, 0.2) is 0 Å². The van der Waals surface area contributed by atoms with Crippen LogP contribution in [0.2, 0.25) is 0 Å². The zero-order valence-electron chi connectivity index (χ0n) is 43.0. The minimum atomic E-state index is -0.0562. The van der Waals surface area contributed by atoms with Crippen molar-refractivity contribution in [3.8, 4) is 11.1 Å². The van der Waals surface area contributed by atoms with E-state index in [-0.39, 0.29) is 33.8 Å². The van der Waals surface area contributed by atoms with E-state index in [2.05, 4.69) is 248 Å². The summed E-state index contributed by atoms with van der Waals surface area (Å²) in [7, 11) is 0. The predicted octanol–water partition coefficient (Wildman–Crippen LogP) is 16.1. The Hall–Kier alpha value is -6.00. The first-order chi connectivity index (χ1) is 31.3. The van der Waals surface area contributed by atoms with Crippen LogP contribution in [0.3, 0.4) is 0 Å². The number of rotatable bonds is 3. The summed E-state index contributed by atoms with van der Waals surface area (Å²) in [5.74, 6) is 0. The summed E-state index contributed by atoms with van der Waals surface area (Å²) in [5, 5.41) is 2.36. The lowest BCUT2D eigenvalue weighted by molar-refractivity contribution is 0.572. The molecular weight excluding hydrogens is 812 g/mol. The van der Waals surface area contributed by atoms with Gasteiger partial charge in [0, 0.05) is 56.0 Å². The molecule has 0 amide bonds. The van der Waals surface area contributed by atoms with Gasteiger partial charge < -0.3 is 14.2 Å². The molecule has 67 heavy (non-hydrogen) atoms. The Morgan fingerprint density at radius 2 is 0.881 bits per heavy atom. The third-order valence-electron chi connectivity index (χ3n) is 14.6. The van der Waals surface area contributed by atoms with Crippen LogP contribution in [0, 0.1) is 6.92 Å². The zero-order chi connectivity index (χ0) is 47.9. The van der Waals surface area contributed by atoms with E-state index >= 15 is 0 Å². The van der Waals surface area contributed by atoms with E-state index in [9.17, 15) is 0 Å². The lowest BCUT2D eigenvalue weighted by Crippen LogP contribution is -2.61. The van der Waals surface area contributed by atoms with Crippen LogP contribution in [0.1, 0.15) is 137 Å². The molecule has 7 aromatic carbocycles. The third kappa shape index (κ3) is 7.51. The molecule has 1 aromatic heterocycles. The molecule has 0 N–H and O–H groups in total. The first kappa shape index (κ1) is 44.8. The molecule has 10 rings (SSSR count). The normalized spacial score (nSPS) is 14.2. The summed E-state index contributed by atoms with van der Waals surface area (Å²) >= 11 is 0. The fraction of sp³-hybridized carbons (Fsp3) is 0.333. The van der Waals surface area contributed by atoms with E-state index in [0.29, 0.717) is 0 Å². The first-order valence-electron chi connectivity index (χ1n) is 24.5. The maximum absolute atomic E-state index is 7.01. The molecule has 0 unspecified atom stereocenters. The van der Waals surface area contributed by atoms with Crippen LogP contribution < -0.4 is 26.2 Å². The van der Waals surface area contributed by atoms with Crippen molar-refractivity contribution in [2.75, 3.05) is 9.80 Å². The largest absolute Gasteiger partial charge is 0.455 e. The molecular formula is C63H69BN2O. The molecule has 4 heteroatoms. The lowest BCUT2D eigenvalue weighted by atomic mass is 9.33. The topological polar surface area (TPSA) is 19.6 Å². The highest BCUT2D eigenvalue weighted by molar-refractivity contribution is 7.00. The SMILES string of the molecule is Cc1cc2c3c(c1)N(c1ccc(C(C)(C)C)cc1)c1ccc(C(C)(C)C)cc1B3c1cc(C(C)(C)C)ccc1N2c1ccc(-c2cc(C(C)(C)C)cc3c2oc2c(C(C)(C)C)cccc23)cc1. The van der Waals surface area contributed by atoms with Crippen LogP contribution in [0.4, 0.5) is 34.1 Å². The predicted molar refractivity (Wildman–Crippen MR) is 291 cm³/mol. The summed E-state index contributed by atoms with van der Waals surface area (Å²) in [4.78, 5) is 5.09. The Kier molecular flexibility index (Phi) is 10.0. The van der Waals surface area contributed by atoms with Crippen molar-refractivity contribution in [2.24, 2.45) is 0 Å². The summed E-state index contributed by atoms with van der Waals surface area (Å²) in [6.45, 7) is 37.0. The van der Waals surface area contributed by atoms with Gasteiger partial charge in [-0.1, -0.05) is 171 Å². The highest BCUT2D eigenvalue weighted by atomic mass is 16.3. The minimum Gasteiger partial charge on any atom is -0.455 e. The molecule has 0 aliphatic carbocycles. The Labute approximate surface area is 401 Å². The van der Waals surface area contributed by atoms with Gasteiger partial charge in [-0.25, -0.2) is 0 Å². The fourth-order valence-corrected chi connectivity index (χ4v) is 10.7. The number of aryl methyl sites for hydroxylation is 1. The van der Waals surface area contributed by atoms with Gasteiger partial charge in [-0.05, 0) is 144 Å². The van der Waals surface area contributed by atoms with E-state index in [1.807, 2.05) is 0 Å². The van der Waals surface area contributed by atoms with Gasteiger partial charge in [0.2, 0.25) is 0 Å². The Morgan fingerprint density at radius 1 is 0.403 bits per heavy atom. The summed E-state index contributed by atoms with van der Waals surface area (Å²) < 4.78 is 7.01. The van der Waals surface area contributed by atoms with E-state index in [0.717, 1.165) is 28.0 Å². The van der Waals surface area contributed by atoms with E-state index in [4.69, 9.17) is 4.42 Å². The molecule has 3 nitrogen and oxygen atoms in total. The van der Waals surface area contributed by atoms with E-state index < -0.39 is 0 Å². The Balaban J connectivity index is 1.21. The van der Waals surface area contributed by atoms with Gasteiger partial charge in [0.1, 0.15) is 11.2 Å². The molecule has 2 aliphatic rings. The average Bonchev–Trinajstić information content (AvgIpc) is 3.63. The molecule has 3 heterocycles. The molecule has 0 bridgehead atoms. The van der Waals surface area contributed by atoms with Gasteiger partial charge in [0.05, 0.1) is 0 Å². The number of furan rings is 1. The van der Waals surface area contributed by atoms with Crippen LogP contribution in [-0.2, 0) is 27.1 Å². The molecule has 340 valence electrons. The van der Waals surface area contributed by atoms with E-state index in [1.54, 1.807) is 0 Å². The van der Waals surface area contributed by atoms with Crippen molar-refractivity contribution in [3.05, 3.63) is 161 Å². The van der Waals surface area contributed by atoms with Crippen LogP contribution in [-0.4, -0.2) is 6.71 Å². The standard InChI is InChI=1S/C63H69BN2O/c1-38-32-54-56-55(33-38)66(45-28-22-40(23-29-45)59(2,3)4)53-31-25-42(61(8,9)10)37-51(53)64(56)50-36-41(60(5,6)7)24-30-52(50)65(54)44-26-20-39(21-27-44)47-34-43(62(11,12)13)35-48-46-18-17-19-49(63(14,15)16)58(46)67-57(47)48/h17-37H,1-16H3. The second-order valence-electron chi connectivity index (χ2n) is 24.9. The summed E-state index contributed by atoms with van der Waals surface area (Å²) in [5.41, 5.74) is 23.2.